The number of carbonyl (C=O) groups is 2. The molecule has 4 rings (SSSR count). The zero-order chi connectivity index (χ0) is 20.7. The van der Waals surface area contributed by atoms with E-state index in [9.17, 15) is 14.0 Å². The van der Waals surface area contributed by atoms with Crippen molar-refractivity contribution in [3.05, 3.63) is 41.7 Å². The first-order chi connectivity index (χ1) is 13.9. The monoisotopic (exact) mass is 397 g/mol. The van der Waals surface area contributed by atoms with E-state index in [2.05, 4.69) is 15.3 Å². The van der Waals surface area contributed by atoms with E-state index in [0.29, 0.717) is 28.8 Å². The van der Waals surface area contributed by atoms with Crippen molar-refractivity contribution in [1.29, 1.82) is 0 Å². The Hall–Kier alpha value is -3.49. The number of nitrogens with one attached hydrogen (secondary N) is 1. The Kier molecular flexibility index (Phi) is 4.65. The molecule has 150 valence electrons. The number of hydrogen-bond acceptors (Lipinski definition) is 5. The van der Waals surface area contributed by atoms with Gasteiger partial charge in [0.25, 0.3) is 0 Å². The molecule has 3 aromatic rings. The number of rotatable bonds is 6. The smallest absolute Gasteiger partial charge is 0.248 e. The quantitative estimate of drug-likeness (QED) is 0.664. The predicted molar refractivity (Wildman–Crippen MR) is 105 cm³/mol. The second-order valence-electron chi connectivity index (χ2n) is 7.02. The summed E-state index contributed by atoms with van der Waals surface area (Å²) < 4.78 is 21.0. The molecule has 0 radical (unpaired) electrons. The summed E-state index contributed by atoms with van der Waals surface area (Å²) in [6.07, 6.45) is 1.33. The SMILES string of the molecule is CCc1cc(C(N)=O)ccc1Oc1cc2c(ncn2C)c(NC(=O)[C@H]2C[C@H]2F)n1. The molecule has 1 saturated carbocycles. The Balaban J connectivity index is 1.70. The second-order valence-corrected chi connectivity index (χ2v) is 7.02. The number of aromatic nitrogens is 3. The van der Waals surface area contributed by atoms with Crippen molar-refractivity contribution in [3.63, 3.8) is 0 Å². The summed E-state index contributed by atoms with van der Waals surface area (Å²) in [5, 5.41) is 2.66. The number of ether oxygens (including phenoxy) is 1. The van der Waals surface area contributed by atoms with E-state index >= 15 is 0 Å². The number of amides is 2. The molecule has 2 aromatic heterocycles. The highest BCUT2D eigenvalue weighted by Crippen LogP contribution is 2.36. The molecular formula is C20H20FN5O3. The summed E-state index contributed by atoms with van der Waals surface area (Å²) in [6, 6.07) is 6.62. The van der Waals surface area contributed by atoms with Crippen LogP contribution in [-0.4, -0.2) is 32.5 Å². The maximum atomic E-state index is 13.2. The molecule has 1 fully saturated rings. The van der Waals surface area contributed by atoms with Crippen molar-refractivity contribution in [2.45, 2.75) is 25.9 Å². The number of alkyl halides is 1. The average Bonchev–Trinajstić information content (AvgIpc) is 3.32. The van der Waals surface area contributed by atoms with Crippen LogP contribution in [0.25, 0.3) is 11.0 Å². The van der Waals surface area contributed by atoms with Crippen LogP contribution in [0.2, 0.25) is 0 Å². The Morgan fingerprint density at radius 1 is 1.38 bits per heavy atom. The predicted octanol–water partition coefficient (Wildman–Crippen LogP) is 2.72. The molecule has 29 heavy (non-hydrogen) atoms. The summed E-state index contributed by atoms with van der Waals surface area (Å²) in [6.45, 7) is 1.93. The number of aryl methyl sites for hydroxylation is 2. The third kappa shape index (κ3) is 3.63. The molecule has 8 nitrogen and oxygen atoms in total. The number of nitrogens with zero attached hydrogens (tertiary/aromatic N) is 3. The number of fused-ring (bicyclic) bond motifs is 1. The molecule has 0 saturated heterocycles. The lowest BCUT2D eigenvalue weighted by Crippen LogP contribution is -2.16. The first-order valence-corrected chi connectivity index (χ1v) is 9.25. The lowest BCUT2D eigenvalue weighted by atomic mass is 10.1. The van der Waals surface area contributed by atoms with Crippen molar-refractivity contribution >= 4 is 28.7 Å². The van der Waals surface area contributed by atoms with Crippen LogP contribution < -0.4 is 15.8 Å². The van der Waals surface area contributed by atoms with Crippen molar-refractivity contribution in [2.75, 3.05) is 5.32 Å². The van der Waals surface area contributed by atoms with E-state index in [0.717, 1.165) is 5.56 Å². The third-order valence-electron chi connectivity index (χ3n) is 4.92. The molecule has 0 unspecified atom stereocenters. The number of primary amides is 1. The number of nitrogens with two attached hydrogens (primary N) is 1. The molecule has 2 heterocycles. The second kappa shape index (κ2) is 7.16. The normalized spacial score (nSPS) is 17.9. The number of carbonyl (C=O) groups excluding carboxylic acids is 2. The number of benzene rings is 1. The first-order valence-electron chi connectivity index (χ1n) is 9.25. The highest BCUT2D eigenvalue weighted by molar-refractivity contribution is 6.00. The topological polar surface area (TPSA) is 112 Å². The van der Waals surface area contributed by atoms with Crippen LogP contribution in [0, 0.1) is 5.92 Å². The number of imidazole rings is 1. The van der Waals surface area contributed by atoms with E-state index in [1.165, 1.54) is 0 Å². The molecule has 0 aliphatic heterocycles. The van der Waals surface area contributed by atoms with Gasteiger partial charge in [-0.05, 0) is 36.6 Å². The minimum absolute atomic E-state index is 0.217. The van der Waals surface area contributed by atoms with Gasteiger partial charge in [-0.3, -0.25) is 9.59 Å². The van der Waals surface area contributed by atoms with Crippen molar-refractivity contribution in [1.82, 2.24) is 14.5 Å². The summed E-state index contributed by atoms with van der Waals surface area (Å²) in [5.41, 5.74) is 7.71. The molecule has 1 aliphatic carbocycles. The van der Waals surface area contributed by atoms with Gasteiger partial charge in [0.05, 0.1) is 17.8 Å². The van der Waals surface area contributed by atoms with Gasteiger partial charge in [0.2, 0.25) is 17.7 Å². The van der Waals surface area contributed by atoms with Gasteiger partial charge in [-0.15, -0.1) is 0 Å². The molecule has 1 aliphatic rings. The summed E-state index contributed by atoms with van der Waals surface area (Å²) in [7, 11) is 1.81. The van der Waals surface area contributed by atoms with Crippen LogP contribution in [0.5, 0.6) is 11.6 Å². The summed E-state index contributed by atoms with van der Waals surface area (Å²) in [4.78, 5) is 32.3. The molecule has 2 amide bonds. The van der Waals surface area contributed by atoms with E-state index in [1.807, 2.05) is 14.0 Å². The van der Waals surface area contributed by atoms with Crippen LogP contribution >= 0.6 is 0 Å². The van der Waals surface area contributed by atoms with E-state index in [1.54, 1.807) is 35.2 Å². The maximum absolute atomic E-state index is 13.2. The van der Waals surface area contributed by atoms with E-state index < -0.39 is 23.9 Å². The molecule has 0 bridgehead atoms. The Labute approximate surface area is 165 Å². The summed E-state index contributed by atoms with van der Waals surface area (Å²) >= 11 is 0. The van der Waals surface area contributed by atoms with Crippen molar-refractivity contribution in [2.24, 2.45) is 18.7 Å². The van der Waals surface area contributed by atoms with Gasteiger partial charge in [-0.25, -0.2) is 9.37 Å². The van der Waals surface area contributed by atoms with Gasteiger partial charge in [0.1, 0.15) is 17.4 Å². The number of pyridine rings is 1. The zero-order valence-electron chi connectivity index (χ0n) is 16.0. The molecule has 0 spiro atoms. The highest BCUT2D eigenvalue weighted by atomic mass is 19.1. The minimum atomic E-state index is -1.11. The fourth-order valence-corrected chi connectivity index (χ4v) is 3.11. The maximum Gasteiger partial charge on any atom is 0.248 e. The Bertz CT molecular complexity index is 1130. The number of anilines is 1. The van der Waals surface area contributed by atoms with Crippen LogP contribution in [0.1, 0.15) is 29.3 Å². The molecule has 9 heteroatoms. The molecule has 3 N–H and O–H groups in total. The molecule has 2 atom stereocenters. The van der Waals surface area contributed by atoms with Crippen molar-refractivity contribution < 1.29 is 18.7 Å². The van der Waals surface area contributed by atoms with Crippen LogP contribution in [0.3, 0.4) is 0 Å². The Morgan fingerprint density at radius 2 is 2.14 bits per heavy atom. The van der Waals surface area contributed by atoms with Gasteiger partial charge >= 0.3 is 0 Å². The largest absolute Gasteiger partial charge is 0.439 e. The highest BCUT2D eigenvalue weighted by Gasteiger charge is 2.44. The third-order valence-corrected chi connectivity index (χ3v) is 4.92. The lowest BCUT2D eigenvalue weighted by Gasteiger charge is -2.12. The van der Waals surface area contributed by atoms with E-state index in [-0.39, 0.29) is 18.1 Å². The van der Waals surface area contributed by atoms with Crippen LogP contribution in [0.15, 0.2) is 30.6 Å². The Morgan fingerprint density at radius 3 is 2.79 bits per heavy atom. The fourth-order valence-electron chi connectivity index (χ4n) is 3.11. The first kappa shape index (κ1) is 18.9. The number of halogens is 1. The lowest BCUT2D eigenvalue weighted by molar-refractivity contribution is -0.117. The minimum Gasteiger partial charge on any atom is -0.439 e. The summed E-state index contributed by atoms with van der Waals surface area (Å²) in [5.74, 6) is -0.603. The molecular weight excluding hydrogens is 377 g/mol. The fraction of sp³-hybridized carbons (Fsp3) is 0.300. The van der Waals surface area contributed by atoms with Gasteiger partial charge in [0.15, 0.2) is 5.82 Å². The van der Waals surface area contributed by atoms with Crippen LogP contribution in [0.4, 0.5) is 10.2 Å². The van der Waals surface area contributed by atoms with Gasteiger partial charge in [0, 0.05) is 18.7 Å². The van der Waals surface area contributed by atoms with Crippen molar-refractivity contribution in [3.8, 4) is 11.6 Å². The van der Waals surface area contributed by atoms with Gasteiger partial charge in [-0.1, -0.05) is 6.92 Å². The van der Waals surface area contributed by atoms with E-state index in [4.69, 9.17) is 10.5 Å². The molecule has 1 aromatic carbocycles. The average molecular weight is 397 g/mol. The van der Waals surface area contributed by atoms with Gasteiger partial charge < -0.3 is 20.4 Å². The standard InChI is InChI=1S/C20H20FN5O3/c1-3-10-6-11(18(22)27)4-5-15(10)29-16-8-14-17(23-9-26(14)2)19(24-16)25-20(28)12-7-13(12)21/h4-6,8-9,12-13H,3,7H2,1-2H3,(H2,22,27)(H,24,25,28)/t12-,13+/m0/s1. The van der Waals surface area contributed by atoms with Gasteiger partial charge in [-0.2, -0.15) is 4.98 Å². The zero-order valence-corrected chi connectivity index (χ0v) is 16.0. The number of hydrogen-bond donors (Lipinski definition) is 2. The van der Waals surface area contributed by atoms with Crippen LogP contribution in [-0.2, 0) is 18.3 Å².